The maximum Gasteiger partial charge on any atom is 0.434 e. The van der Waals surface area contributed by atoms with Crippen LogP contribution < -0.4 is 16.0 Å². The predicted molar refractivity (Wildman–Crippen MR) is 126 cm³/mol. The van der Waals surface area contributed by atoms with E-state index in [-0.39, 0.29) is 35.2 Å². The van der Waals surface area contributed by atoms with Gasteiger partial charge < -0.3 is 16.0 Å². The van der Waals surface area contributed by atoms with Crippen LogP contribution in [0.15, 0.2) is 12.3 Å². The Labute approximate surface area is 208 Å². The number of halogens is 3. The molecule has 5 rings (SSSR count). The van der Waals surface area contributed by atoms with Gasteiger partial charge in [-0.2, -0.15) is 18.3 Å². The van der Waals surface area contributed by atoms with Crippen LogP contribution >= 0.6 is 0 Å². The molecular weight excluding hydrogens is 475 g/mol. The van der Waals surface area contributed by atoms with Crippen molar-refractivity contribution in [2.45, 2.75) is 77.6 Å². The molecule has 4 aliphatic carbocycles. The summed E-state index contributed by atoms with van der Waals surface area (Å²) in [5.41, 5.74) is -3.07. The maximum atomic E-state index is 14.0. The first-order valence-electron chi connectivity index (χ1n) is 12.5. The summed E-state index contributed by atoms with van der Waals surface area (Å²) in [6.07, 6.45) is 2.65. The molecule has 0 radical (unpaired) electrons. The van der Waals surface area contributed by atoms with Gasteiger partial charge in [0.1, 0.15) is 0 Å². The van der Waals surface area contributed by atoms with Crippen molar-refractivity contribution >= 4 is 23.9 Å². The Bertz CT molecular complexity index is 1060. The highest BCUT2D eigenvalue weighted by Gasteiger charge is 2.56. The topological polar surface area (TPSA) is 105 Å². The van der Waals surface area contributed by atoms with E-state index in [0.29, 0.717) is 30.0 Å². The van der Waals surface area contributed by atoms with E-state index in [9.17, 15) is 27.6 Å². The van der Waals surface area contributed by atoms with Crippen molar-refractivity contribution in [3.63, 3.8) is 0 Å². The van der Waals surface area contributed by atoms with E-state index >= 15 is 0 Å². The van der Waals surface area contributed by atoms with Gasteiger partial charge in [0.15, 0.2) is 5.69 Å². The van der Waals surface area contributed by atoms with Crippen molar-refractivity contribution in [2.75, 3.05) is 6.54 Å². The lowest BCUT2D eigenvalue weighted by atomic mass is 9.51. The standard InChI is InChI=1S/C25H34F3N5O3/c1-5-29-22(36)23(3,4)6-7-33-20(25(26,27)28)18(13-30-33)21(35)31-19-16-8-15-9-17(19)12-24(10-15,11-16)32-14(2)34/h6-7,13,15-17,19H,5,8-12H2,1-4H3,(H,29,36)(H,31,35)(H,32,34). The zero-order chi connectivity index (χ0) is 26.5. The second kappa shape index (κ2) is 9.23. The zero-order valence-electron chi connectivity index (χ0n) is 21.0. The Balaban J connectivity index is 1.55. The Morgan fingerprint density at radius 3 is 2.36 bits per heavy atom. The maximum absolute atomic E-state index is 14.0. The molecule has 4 fully saturated rings. The van der Waals surface area contributed by atoms with Crippen LogP contribution in [0.1, 0.15) is 75.9 Å². The summed E-state index contributed by atoms with van der Waals surface area (Å²) in [5, 5.41) is 12.5. The summed E-state index contributed by atoms with van der Waals surface area (Å²) in [6, 6.07) is -0.243. The van der Waals surface area contributed by atoms with Gasteiger partial charge in [0.05, 0.1) is 17.2 Å². The number of hydrogen-bond acceptors (Lipinski definition) is 4. The number of hydrogen-bond donors (Lipinski definition) is 3. The molecule has 198 valence electrons. The first kappa shape index (κ1) is 26.2. The number of nitrogens with one attached hydrogen (secondary N) is 3. The monoisotopic (exact) mass is 509 g/mol. The minimum atomic E-state index is -4.83. The van der Waals surface area contributed by atoms with Gasteiger partial charge in [-0.05, 0) is 70.6 Å². The number of amides is 3. The van der Waals surface area contributed by atoms with Crippen molar-refractivity contribution in [1.82, 2.24) is 25.7 Å². The average Bonchev–Trinajstić information content (AvgIpc) is 3.18. The second-order valence-corrected chi connectivity index (χ2v) is 11.2. The highest BCUT2D eigenvalue weighted by atomic mass is 19.4. The van der Waals surface area contributed by atoms with Crippen molar-refractivity contribution < 1.29 is 27.6 Å². The van der Waals surface area contributed by atoms with E-state index in [1.165, 1.54) is 13.0 Å². The van der Waals surface area contributed by atoms with Gasteiger partial charge in [-0.3, -0.25) is 14.4 Å². The molecule has 4 bridgehead atoms. The summed E-state index contributed by atoms with van der Waals surface area (Å²) in [4.78, 5) is 37.1. The van der Waals surface area contributed by atoms with Crippen LogP contribution in [-0.2, 0) is 15.8 Å². The molecule has 3 N–H and O–H groups in total. The smallest absolute Gasteiger partial charge is 0.356 e. The van der Waals surface area contributed by atoms with Crippen molar-refractivity contribution in [3.05, 3.63) is 23.5 Å². The van der Waals surface area contributed by atoms with Crippen molar-refractivity contribution in [3.8, 4) is 0 Å². The summed E-state index contributed by atoms with van der Waals surface area (Å²) >= 11 is 0. The quantitative estimate of drug-likeness (QED) is 0.524. The van der Waals surface area contributed by atoms with Gasteiger partial charge in [-0.1, -0.05) is 6.08 Å². The van der Waals surface area contributed by atoms with Crippen LogP contribution in [0.2, 0.25) is 0 Å². The number of carbonyl (C=O) groups excluding carboxylic acids is 3. The van der Waals surface area contributed by atoms with Crippen LogP contribution in [0.3, 0.4) is 0 Å². The molecule has 2 atom stereocenters. The fourth-order valence-corrected chi connectivity index (χ4v) is 6.66. The summed E-state index contributed by atoms with van der Waals surface area (Å²) < 4.78 is 42.7. The fraction of sp³-hybridized carbons (Fsp3) is 0.680. The molecular formula is C25H34F3N5O3. The molecule has 4 aliphatic rings. The fourth-order valence-electron chi connectivity index (χ4n) is 6.66. The summed E-state index contributed by atoms with van der Waals surface area (Å²) in [7, 11) is 0. The Hall–Kier alpha value is -2.85. The van der Waals surface area contributed by atoms with Gasteiger partial charge in [0.2, 0.25) is 11.8 Å². The average molecular weight is 510 g/mol. The van der Waals surface area contributed by atoms with Crippen LogP contribution in [0.4, 0.5) is 13.2 Å². The number of alkyl halides is 3. The Kier molecular flexibility index (Phi) is 6.72. The molecule has 11 heteroatoms. The largest absolute Gasteiger partial charge is 0.434 e. The van der Waals surface area contributed by atoms with Gasteiger partial charge in [0.25, 0.3) is 5.91 Å². The van der Waals surface area contributed by atoms with E-state index in [1.54, 1.807) is 20.8 Å². The molecule has 1 aromatic heterocycles. The highest BCUT2D eigenvalue weighted by Crippen LogP contribution is 2.55. The minimum Gasteiger partial charge on any atom is -0.356 e. The van der Waals surface area contributed by atoms with Gasteiger partial charge in [-0.25, -0.2) is 4.68 Å². The Morgan fingerprint density at radius 2 is 1.81 bits per heavy atom. The summed E-state index contributed by atoms with van der Waals surface area (Å²) in [6.45, 7) is 6.81. The van der Waals surface area contributed by atoms with E-state index in [1.807, 2.05) is 0 Å². The molecule has 1 heterocycles. The van der Waals surface area contributed by atoms with Crippen LogP contribution in [0, 0.1) is 23.2 Å². The lowest BCUT2D eigenvalue weighted by molar-refractivity contribution is -0.142. The number of carbonyl (C=O) groups is 3. The molecule has 4 saturated carbocycles. The Morgan fingerprint density at radius 1 is 1.17 bits per heavy atom. The van der Waals surface area contributed by atoms with Crippen molar-refractivity contribution in [2.24, 2.45) is 23.2 Å². The minimum absolute atomic E-state index is 0.0804. The van der Waals surface area contributed by atoms with E-state index in [2.05, 4.69) is 21.0 Å². The van der Waals surface area contributed by atoms with E-state index in [4.69, 9.17) is 0 Å². The number of aromatic nitrogens is 2. The molecule has 36 heavy (non-hydrogen) atoms. The third kappa shape index (κ3) is 5.01. The SMILES string of the molecule is CCNC(=O)C(C)(C)C=Cn1ncc(C(=O)NC2C3CC4CC2CC(NC(C)=O)(C4)C3)c1C(F)(F)F. The number of nitrogens with zero attached hydrogens (tertiary/aromatic N) is 2. The van der Waals surface area contributed by atoms with E-state index in [0.717, 1.165) is 31.7 Å². The van der Waals surface area contributed by atoms with Gasteiger partial charge >= 0.3 is 6.18 Å². The predicted octanol–water partition coefficient (Wildman–Crippen LogP) is 3.35. The molecule has 0 aromatic carbocycles. The van der Waals surface area contributed by atoms with Gasteiger partial charge in [0, 0.05) is 31.2 Å². The third-order valence-corrected chi connectivity index (χ3v) is 7.88. The molecule has 1 aromatic rings. The molecule has 2 unspecified atom stereocenters. The van der Waals surface area contributed by atoms with Crippen LogP contribution in [-0.4, -0.2) is 45.6 Å². The molecule has 8 nitrogen and oxygen atoms in total. The lowest BCUT2D eigenvalue weighted by Gasteiger charge is -2.60. The third-order valence-electron chi connectivity index (χ3n) is 7.88. The first-order chi connectivity index (χ1) is 16.7. The normalized spacial score (nSPS) is 29.4. The second-order valence-electron chi connectivity index (χ2n) is 11.2. The van der Waals surface area contributed by atoms with Crippen molar-refractivity contribution in [1.29, 1.82) is 0 Å². The van der Waals surface area contributed by atoms with Crippen LogP contribution in [0.25, 0.3) is 6.20 Å². The number of rotatable bonds is 7. The molecule has 0 aliphatic heterocycles. The van der Waals surface area contributed by atoms with E-state index < -0.39 is 28.8 Å². The van der Waals surface area contributed by atoms with Gasteiger partial charge in [-0.15, -0.1) is 0 Å². The zero-order valence-corrected chi connectivity index (χ0v) is 21.0. The lowest BCUT2D eigenvalue weighted by Crippen LogP contribution is -2.66. The van der Waals surface area contributed by atoms with Crippen LogP contribution in [0.5, 0.6) is 0 Å². The molecule has 3 amide bonds. The molecule has 0 spiro atoms. The highest BCUT2D eigenvalue weighted by molar-refractivity contribution is 5.95. The first-order valence-corrected chi connectivity index (χ1v) is 12.5. The summed E-state index contributed by atoms with van der Waals surface area (Å²) in [5.74, 6) is -0.559. The molecule has 0 saturated heterocycles.